The number of carboxylic acid groups (broad SMARTS) is 1. The van der Waals surface area contributed by atoms with Gasteiger partial charge in [-0.3, -0.25) is 4.79 Å². The molecule has 37 valence electrons. The van der Waals surface area contributed by atoms with E-state index in [0.717, 1.165) is 0 Å². The van der Waals surface area contributed by atoms with Crippen LogP contribution in [0.5, 0.6) is 0 Å². The van der Waals surface area contributed by atoms with E-state index in [4.69, 9.17) is 5.11 Å². The van der Waals surface area contributed by atoms with Crippen molar-refractivity contribution < 1.29 is 9.90 Å². The third kappa shape index (κ3) is 10.7. The van der Waals surface area contributed by atoms with Gasteiger partial charge in [0.25, 0.3) is 0 Å². The molecule has 0 saturated carbocycles. The van der Waals surface area contributed by atoms with Crippen LogP contribution in [0.4, 0.5) is 0 Å². The van der Waals surface area contributed by atoms with Crippen LogP contribution in [-0.4, -0.2) is 40.6 Å². The van der Waals surface area contributed by atoms with Crippen LogP contribution in [0.1, 0.15) is 12.8 Å². The fourth-order valence-corrected chi connectivity index (χ4v) is 0.151. The molecule has 0 aliphatic carbocycles. The van der Waals surface area contributed by atoms with Gasteiger partial charge in [0, 0.05) is 6.42 Å². The molecule has 0 spiro atoms. The van der Waals surface area contributed by atoms with Crippen molar-refractivity contribution in [3.63, 3.8) is 0 Å². The number of carbonyl (C=O) groups is 1. The first-order chi connectivity index (χ1) is 2.77. The monoisotopic (exact) mass is 111 g/mol. The quantitative estimate of drug-likeness (QED) is 0.511. The van der Waals surface area contributed by atoms with E-state index in [0.29, 0.717) is 6.42 Å². The van der Waals surface area contributed by atoms with Crippen LogP contribution in [-0.2, 0) is 4.79 Å². The van der Waals surface area contributed by atoms with Gasteiger partial charge in [-0.2, -0.15) is 0 Å². The number of hydrogen-bond acceptors (Lipinski definition) is 1. The summed E-state index contributed by atoms with van der Waals surface area (Å²) in [5.74, 6) is -0.773. The first kappa shape index (κ1) is 10.5. The van der Waals surface area contributed by atoms with Crippen LogP contribution >= 0.6 is 0 Å². The number of carboxylic acids is 1. The average Bonchev–Trinajstić information content (AvgIpc) is 1.35. The summed E-state index contributed by atoms with van der Waals surface area (Å²) in [6, 6.07) is 0. The SMILES string of the molecule is [CH2]CCC(=O)O.[NaH]. The van der Waals surface area contributed by atoms with Crippen LogP contribution in [0.2, 0.25) is 0 Å². The van der Waals surface area contributed by atoms with Gasteiger partial charge in [0.05, 0.1) is 0 Å². The Kier molecular flexibility index (Phi) is 9.66. The minimum atomic E-state index is -0.773. The predicted molar refractivity (Wildman–Crippen MR) is 29.4 cm³/mol. The van der Waals surface area contributed by atoms with E-state index in [2.05, 4.69) is 6.92 Å². The predicted octanol–water partition coefficient (Wildman–Crippen LogP) is 0.0368. The van der Waals surface area contributed by atoms with Crippen LogP contribution < -0.4 is 0 Å². The Morgan fingerprint density at radius 2 is 2.14 bits per heavy atom. The Hall–Kier alpha value is 0.470. The summed E-state index contributed by atoms with van der Waals surface area (Å²) in [5.41, 5.74) is 0. The molecule has 0 rings (SSSR count). The summed E-state index contributed by atoms with van der Waals surface area (Å²) < 4.78 is 0. The van der Waals surface area contributed by atoms with E-state index in [9.17, 15) is 4.79 Å². The van der Waals surface area contributed by atoms with Crippen LogP contribution in [0.3, 0.4) is 0 Å². The Morgan fingerprint density at radius 1 is 1.71 bits per heavy atom. The molecule has 3 heteroatoms. The summed E-state index contributed by atoms with van der Waals surface area (Å²) in [6.07, 6.45) is 0.662. The molecular formula is C4H8NaO2. The van der Waals surface area contributed by atoms with Crippen molar-refractivity contribution in [2.75, 3.05) is 0 Å². The van der Waals surface area contributed by atoms with Crippen LogP contribution in [0, 0.1) is 6.92 Å². The maximum atomic E-state index is 9.56. The van der Waals surface area contributed by atoms with Crippen LogP contribution in [0.25, 0.3) is 0 Å². The molecule has 0 bridgehead atoms. The Bertz CT molecular complexity index is 53.7. The normalized spacial score (nSPS) is 7.00. The first-order valence-corrected chi connectivity index (χ1v) is 1.78. The van der Waals surface area contributed by atoms with E-state index < -0.39 is 5.97 Å². The van der Waals surface area contributed by atoms with Gasteiger partial charge in [-0.25, -0.2) is 0 Å². The molecule has 7 heavy (non-hydrogen) atoms. The molecule has 0 fully saturated rings. The summed E-state index contributed by atoms with van der Waals surface area (Å²) in [7, 11) is 0. The second-order valence-corrected chi connectivity index (χ2v) is 0.997. The molecule has 2 nitrogen and oxygen atoms in total. The Labute approximate surface area is 65.2 Å². The summed E-state index contributed by atoms with van der Waals surface area (Å²) in [4.78, 5) is 9.56. The standard InChI is InChI=1S/C4H7O2.Na.H/c1-2-3-4(5)6;;/h1-3H2,(H,5,6);;. The fraction of sp³-hybridized carbons (Fsp3) is 0.500. The molecule has 0 aromatic heterocycles. The molecule has 0 unspecified atom stereocenters. The molecule has 0 aliphatic rings. The van der Waals surface area contributed by atoms with Gasteiger partial charge in [0.2, 0.25) is 0 Å². The Balaban J connectivity index is 0. The van der Waals surface area contributed by atoms with E-state index in [-0.39, 0.29) is 36.0 Å². The number of aliphatic carboxylic acids is 1. The molecule has 0 aromatic rings. The van der Waals surface area contributed by atoms with E-state index >= 15 is 0 Å². The molecule has 0 aromatic carbocycles. The summed E-state index contributed by atoms with van der Waals surface area (Å²) in [6.45, 7) is 3.34. The van der Waals surface area contributed by atoms with Gasteiger partial charge in [-0.15, -0.1) is 0 Å². The van der Waals surface area contributed by atoms with Crippen LogP contribution in [0.15, 0.2) is 0 Å². The van der Waals surface area contributed by atoms with Gasteiger partial charge in [-0.05, 0) is 6.42 Å². The van der Waals surface area contributed by atoms with Crippen molar-refractivity contribution >= 4 is 35.5 Å². The fourth-order valence-electron chi connectivity index (χ4n) is 0.151. The second-order valence-electron chi connectivity index (χ2n) is 0.997. The molecule has 0 saturated heterocycles. The van der Waals surface area contributed by atoms with Crippen molar-refractivity contribution in [1.29, 1.82) is 0 Å². The van der Waals surface area contributed by atoms with Crippen molar-refractivity contribution in [3.8, 4) is 0 Å². The first-order valence-electron chi connectivity index (χ1n) is 1.78. The molecule has 0 heterocycles. The Morgan fingerprint density at radius 3 is 2.14 bits per heavy atom. The minimum absolute atomic E-state index is 0. The number of hydrogen-bond donors (Lipinski definition) is 1. The topological polar surface area (TPSA) is 37.3 Å². The van der Waals surface area contributed by atoms with Crippen molar-refractivity contribution in [2.24, 2.45) is 0 Å². The van der Waals surface area contributed by atoms with Crippen molar-refractivity contribution in [3.05, 3.63) is 6.92 Å². The zero-order chi connectivity index (χ0) is 4.99. The zero-order valence-corrected chi connectivity index (χ0v) is 3.48. The van der Waals surface area contributed by atoms with E-state index in [1.807, 2.05) is 0 Å². The van der Waals surface area contributed by atoms with Crippen molar-refractivity contribution in [1.82, 2.24) is 0 Å². The summed E-state index contributed by atoms with van der Waals surface area (Å²) in [5, 5.41) is 7.87. The van der Waals surface area contributed by atoms with Crippen molar-refractivity contribution in [2.45, 2.75) is 12.8 Å². The maximum absolute atomic E-state index is 9.56. The molecule has 0 amide bonds. The summed E-state index contributed by atoms with van der Waals surface area (Å²) >= 11 is 0. The number of rotatable bonds is 2. The van der Waals surface area contributed by atoms with E-state index in [1.54, 1.807) is 0 Å². The second kappa shape index (κ2) is 6.47. The van der Waals surface area contributed by atoms with Gasteiger partial charge in [0.1, 0.15) is 0 Å². The molecule has 1 radical (unpaired) electrons. The van der Waals surface area contributed by atoms with Gasteiger partial charge in [-0.1, -0.05) is 6.92 Å². The molecule has 0 aliphatic heterocycles. The van der Waals surface area contributed by atoms with Gasteiger partial charge >= 0.3 is 35.5 Å². The third-order valence-corrected chi connectivity index (χ3v) is 0.391. The third-order valence-electron chi connectivity index (χ3n) is 0.391. The van der Waals surface area contributed by atoms with Gasteiger partial charge < -0.3 is 5.11 Å². The average molecular weight is 111 g/mol. The zero-order valence-electron chi connectivity index (χ0n) is 3.48. The molecule has 1 N–H and O–H groups in total. The molecule has 0 atom stereocenters. The van der Waals surface area contributed by atoms with E-state index in [1.165, 1.54) is 0 Å². The molecular weight excluding hydrogens is 103 g/mol. The van der Waals surface area contributed by atoms with Gasteiger partial charge in [0.15, 0.2) is 0 Å².